The smallest absolute Gasteiger partial charge is 0.269 e. The molecule has 0 saturated carbocycles. The van der Waals surface area contributed by atoms with Crippen molar-refractivity contribution in [1.82, 2.24) is 24.4 Å². The maximum absolute atomic E-state index is 12.9. The third-order valence-electron chi connectivity index (χ3n) is 5.10. The Morgan fingerprint density at radius 3 is 2.80 bits per heavy atom. The van der Waals surface area contributed by atoms with Gasteiger partial charge in [0, 0.05) is 44.3 Å². The van der Waals surface area contributed by atoms with Gasteiger partial charge in [-0.2, -0.15) is 14.5 Å². The van der Waals surface area contributed by atoms with Crippen molar-refractivity contribution in [3.8, 4) is 0 Å². The molecule has 0 saturated heterocycles. The summed E-state index contributed by atoms with van der Waals surface area (Å²) in [6.07, 6.45) is 4.23. The van der Waals surface area contributed by atoms with Gasteiger partial charge in [-0.15, -0.1) is 0 Å². The van der Waals surface area contributed by atoms with Gasteiger partial charge in [-0.3, -0.25) is 4.79 Å². The zero-order valence-electron chi connectivity index (χ0n) is 16.9. The molecule has 0 fully saturated rings. The quantitative estimate of drug-likeness (QED) is 0.676. The fraction of sp³-hybridized carbons (Fsp3) is 0.286. The third-order valence-corrected chi connectivity index (χ3v) is 6.86. The largest absolute Gasteiger partial charge is 0.351 e. The van der Waals surface area contributed by atoms with Crippen molar-refractivity contribution in [2.24, 2.45) is 0 Å². The summed E-state index contributed by atoms with van der Waals surface area (Å²) in [5, 5.41) is 8.59. The minimum atomic E-state index is -3.50. The molecule has 0 spiro atoms. The lowest BCUT2D eigenvalue weighted by Gasteiger charge is -2.26. The van der Waals surface area contributed by atoms with Gasteiger partial charge in [0.1, 0.15) is 11.4 Å². The number of amides is 1. The molecule has 4 rings (SSSR count). The van der Waals surface area contributed by atoms with E-state index in [4.69, 9.17) is 0 Å². The van der Waals surface area contributed by atoms with Crippen LogP contribution in [0.2, 0.25) is 0 Å². The van der Waals surface area contributed by atoms with Gasteiger partial charge in [0.15, 0.2) is 0 Å². The Bertz CT molecular complexity index is 1220. The van der Waals surface area contributed by atoms with Crippen LogP contribution in [0, 0.1) is 0 Å². The molecule has 9 heteroatoms. The Labute approximate surface area is 175 Å². The van der Waals surface area contributed by atoms with Crippen LogP contribution < -0.4 is 0 Å². The van der Waals surface area contributed by atoms with Crippen molar-refractivity contribution in [1.29, 1.82) is 0 Å². The number of fused-ring (bicyclic) bond motifs is 1. The molecule has 0 radical (unpaired) electrons. The number of aromatic amines is 1. The first-order chi connectivity index (χ1) is 14.3. The number of nitrogens with zero attached hydrogens (tertiary/aromatic N) is 4. The minimum Gasteiger partial charge on any atom is -0.351 e. The van der Waals surface area contributed by atoms with Gasteiger partial charge in [0.05, 0.1) is 5.69 Å². The molecule has 0 atom stereocenters. The molecule has 0 bridgehead atoms. The Hall–Kier alpha value is -3.04. The number of hydrogen-bond acceptors (Lipinski definition) is 5. The summed E-state index contributed by atoms with van der Waals surface area (Å²) in [5.41, 5.74) is 3.68. The molecule has 0 aliphatic carbocycles. The Morgan fingerprint density at radius 2 is 2.07 bits per heavy atom. The van der Waals surface area contributed by atoms with Crippen molar-refractivity contribution in [3.05, 3.63) is 65.6 Å². The van der Waals surface area contributed by atoms with Crippen LogP contribution >= 0.6 is 0 Å². The highest BCUT2D eigenvalue weighted by atomic mass is 32.2. The van der Waals surface area contributed by atoms with E-state index in [0.717, 1.165) is 22.0 Å². The number of benzene rings is 1. The molecular weight excluding hydrogens is 402 g/mol. The van der Waals surface area contributed by atoms with Crippen LogP contribution in [0.4, 0.5) is 0 Å². The minimum absolute atomic E-state index is 0.0917. The summed E-state index contributed by atoms with van der Waals surface area (Å²) >= 11 is 0. The Kier molecular flexibility index (Phi) is 5.40. The van der Waals surface area contributed by atoms with E-state index in [2.05, 4.69) is 21.3 Å². The standard InChI is InChI=1S/C21H23N5O3S/c1-25(2)21(27)20-12-16-8-7-15(11-19(16)23-20)17-5-4-10-26(13-17)30(28,29)14-18-6-3-9-22-24-18/h3,5-9,11-12,23H,4,10,13-14H2,1-2H3. The molecule has 30 heavy (non-hydrogen) atoms. The molecule has 1 aromatic carbocycles. The molecule has 3 heterocycles. The molecule has 0 unspecified atom stereocenters. The Morgan fingerprint density at radius 1 is 1.23 bits per heavy atom. The highest BCUT2D eigenvalue weighted by Gasteiger charge is 2.26. The number of rotatable bonds is 5. The summed E-state index contributed by atoms with van der Waals surface area (Å²) in [6, 6.07) is 11.0. The van der Waals surface area contributed by atoms with Gasteiger partial charge < -0.3 is 9.88 Å². The molecule has 1 aliphatic rings. The second kappa shape index (κ2) is 8.00. The topological polar surface area (TPSA) is 99.3 Å². The van der Waals surface area contributed by atoms with Crippen LogP contribution in [-0.4, -0.2) is 65.9 Å². The molecular formula is C21H23N5O3S. The SMILES string of the molecule is CN(C)C(=O)c1cc2ccc(C3=CCCN(S(=O)(=O)Cc4cccnn4)C3)cc2[nH]1. The van der Waals surface area contributed by atoms with Crippen LogP contribution in [0.1, 0.15) is 28.2 Å². The highest BCUT2D eigenvalue weighted by Crippen LogP contribution is 2.27. The maximum atomic E-state index is 12.9. The van der Waals surface area contributed by atoms with Gasteiger partial charge in [0.2, 0.25) is 10.0 Å². The van der Waals surface area contributed by atoms with E-state index in [1.807, 2.05) is 24.3 Å². The maximum Gasteiger partial charge on any atom is 0.269 e. The predicted octanol–water partition coefficient (Wildman–Crippen LogP) is 2.28. The molecule has 1 aliphatic heterocycles. The number of nitrogens with one attached hydrogen (secondary N) is 1. The van der Waals surface area contributed by atoms with Gasteiger partial charge in [-0.05, 0) is 41.8 Å². The van der Waals surface area contributed by atoms with Crippen LogP contribution in [0.25, 0.3) is 16.5 Å². The van der Waals surface area contributed by atoms with E-state index < -0.39 is 10.0 Å². The summed E-state index contributed by atoms with van der Waals surface area (Å²) in [4.78, 5) is 16.9. The van der Waals surface area contributed by atoms with Crippen LogP contribution in [0.3, 0.4) is 0 Å². The van der Waals surface area contributed by atoms with Crippen LogP contribution in [-0.2, 0) is 15.8 Å². The van der Waals surface area contributed by atoms with Gasteiger partial charge in [-0.1, -0.05) is 18.2 Å². The summed E-state index contributed by atoms with van der Waals surface area (Å²) < 4.78 is 27.2. The van der Waals surface area contributed by atoms with E-state index in [0.29, 0.717) is 30.9 Å². The van der Waals surface area contributed by atoms with E-state index in [1.165, 1.54) is 15.4 Å². The molecule has 2 aromatic heterocycles. The lowest BCUT2D eigenvalue weighted by molar-refractivity contribution is 0.0823. The van der Waals surface area contributed by atoms with Crippen molar-refractivity contribution < 1.29 is 13.2 Å². The fourth-order valence-corrected chi connectivity index (χ4v) is 4.96. The van der Waals surface area contributed by atoms with Crippen molar-refractivity contribution in [2.45, 2.75) is 12.2 Å². The lowest BCUT2D eigenvalue weighted by atomic mass is 10.0. The molecule has 3 aromatic rings. The number of aromatic nitrogens is 3. The van der Waals surface area contributed by atoms with Crippen molar-refractivity contribution >= 4 is 32.4 Å². The average molecular weight is 426 g/mol. The van der Waals surface area contributed by atoms with Crippen LogP contribution in [0.5, 0.6) is 0 Å². The zero-order chi connectivity index (χ0) is 21.3. The summed E-state index contributed by atoms with van der Waals surface area (Å²) in [5.74, 6) is -0.259. The monoisotopic (exact) mass is 425 g/mol. The molecule has 1 N–H and O–H groups in total. The first-order valence-corrected chi connectivity index (χ1v) is 11.2. The van der Waals surface area contributed by atoms with Crippen molar-refractivity contribution in [2.75, 3.05) is 27.2 Å². The lowest BCUT2D eigenvalue weighted by Crippen LogP contribution is -2.36. The second-order valence-electron chi connectivity index (χ2n) is 7.51. The van der Waals surface area contributed by atoms with E-state index >= 15 is 0 Å². The number of carbonyl (C=O) groups excluding carboxylic acids is 1. The van der Waals surface area contributed by atoms with E-state index in [9.17, 15) is 13.2 Å². The molecule has 156 valence electrons. The number of sulfonamides is 1. The highest BCUT2D eigenvalue weighted by molar-refractivity contribution is 7.88. The van der Waals surface area contributed by atoms with Crippen LogP contribution in [0.15, 0.2) is 48.7 Å². The summed E-state index contributed by atoms with van der Waals surface area (Å²) in [7, 11) is -0.0835. The third kappa shape index (κ3) is 4.12. The Balaban J connectivity index is 1.56. The average Bonchev–Trinajstić information content (AvgIpc) is 3.17. The fourth-order valence-electron chi connectivity index (χ4n) is 3.53. The molecule has 1 amide bonds. The zero-order valence-corrected chi connectivity index (χ0v) is 17.7. The van der Waals surface area contributed by atoms with E-state index in [1.54, 1.807) is 26.2 Å². The van der Waals surface area contributed by atoms with Crippen molar-refractivity contribution in [3.63, 3.8) is 0 Å². The first-order valence-electron chi connectivity index (χ1n) is 9.62. The van der Waals surface area contributed by atoms with E-state index in [-0.39, 0.29) is 11.7 Å². The van der Waals surface area contributed by atoms with Gasteiger partial charge >= 0.3 is 0 Å². The molecule has 8 nitrogen and oxygen atoms in total. The second-order valence-corrected chi connectivity index (χ2v) is 9.48. The summed E-state index contributed by atoms with van der Waals surface area (Å²) in [6.45, 7) is 0.747. The number of H-pyrrole nitrogens is 1. The predicted molar refractivity (Wildman–Crippen MR) is 115 cm³/mol. The number of carbonyl (C=O) groups is 1. The normalized spacial score (nSPS) is 15.2. The van der Waals surface area contributed by atoms with Gasteiger partial charge in [-0.25, -0.2) is 8.42 Å². The van der Waals surface area contributed by atoms with Gasteiger partial charge in [0.25, 0.3) is 5.91 Å². The first kappa shape index (κ1) is 20.2. The number of hydrogen-bond donors (Lipinski definition) is 1.